The fraction of sp³-hybridized carbons (Fsp3) is 0.154. The Bertz CT molecular complexity index is 667. The van der Waals surface area contributed by atoms with Crippen molar-refractivity contribution in [3.05, 3.63) is 48.3 Å². The number of pyridine rings is 1. The summed E-state index contributed by atoms with van der Waals surface area (Å²) in [7, 11) is -2.02. The van der Waals surface area contributed by atoms with Gasteiger partial charge in [0.15, 0.2) is 0 Å². The van der Waals surface area contributed by atoms with E-state index in [0.29, 0.717) is 11.4 Å². The van der Waals surface area contributed by atoms with E-state index < -0.39 is 9.84 Å². The first-order valence-corrected chi connectivity index (χ1v) is 7.10. The molecule has 2 rings (SSSR count). The number of nitrogens with two attached hydrogens (primary N) is 1. The van der Waals surface area contributed by atoms with E-state index in [2.05, 4.69) is 4.98 Å². The number of sulfone groups is 1. The predicted molar refractivity (Wildman–Crippen MR) is 70.6 cm³/mol. The van der Waals surface area contributed by atoms with Gasteiger partial charge in [-0.3, -0.25) is 4.98 Å². The van der Waals surface area contributed by atoms with Gasteiger partial charge in [-0.05, 0) is 36.4 Å². The van der Waals surface area contributed by atoms with Gasteiger partial charge in [-0.1, -0.05) is 0 Å². The topological polar surface area (TPSA) is 82.3 Å². The average molecular weight is 278 g/mol. The van der Waals surface area contributed by atoms with Crippen molar-refractivity contribution in [3.8, 4) is 5.75 Å². The molecule has 0 fully saturated rings. The minimum absolute atomic E-state index is 0.188. The van der Waals surface area contributed by atoms with Crippen LogP contribution < -0.4 is 10.5 Å². The molecule has 0 radical (unpaired) electrons. The van der Waals surface area contributed by atoms with E-state index in [9.17, 15) is 8.42 Å². The third-order valence-corrected chi connectivity index (χ3v) is 4.44. The number of methoxy groups -OCH3 is 1. The molecular formula is C13H14N2O3S. The molecule has 0 unspecified atom stereocenters. The zero-order valence-electron chi connectivity index (χ0n) is 10.4. The van der Waals surface area contributed by atoms with E-state index in [1.54, 1.807) is 12.1 Å². The van der Waals surface area contributed by atoms with Crippen LogP contribution in [0.15, 0.2) is 52.4 Å². The first-order chi connectivity index (χ1) is 9.07. The zero-order chi connectivity index (χ0) is 13.9. The summed E-state index contributed by atoms with van der Waals surface area (Å²) in [5.74, 6) is 0.608. The third kappa shape index (κ3) is 2.74. The molecule has 0 atom stereocenters. The lowest BCUT2D eigenvalue weighted by Crippen LogP contribution is -2.05. The Hall–Kier alpha value is -1.92. The van der Waals surface area contributed by atoms with Crippen molar-refractivity contribution in [2.24, 2.45) is 5.73 Å². The molecule has 1 heterocycles. The maximum absolute atomic E-state index is 12.4. The minimum atomic E-state index is -3.55. The van der Waals surface area contributed by atoms with Crippen LogP contribution in [0.2, 0.25) is 0 Å². The second-order valence-electron chi connectivity index (χ2n) is 3.87. The number of hydrogen-bond donors (Lipinski definition) is 1. The van der Waals surface area contributed by atoms with Crippen LogP contribution in [0.25, 0.3) is 0 Å². The average Bonchev–Trinajstić information content (AvgIpc) is 2.47. The molecule has 100 valence electrons. The van der Waals surface area contributed by atoms with Crippen LogP contribution in [0.5, 0.6) is 5.75 Å². The highest BCUT2D eigenvalue weighted by Crippen LogP contribution is 2.23. The van der Waals surface area contributed by atoms with Gasteiger partial charge in [-0.2, -0.15) is 0 Å². The number of hydrogen-bond acceptors (Lipinski definition) is 5. The van der Waals surface area contributed by atoms with Crippen molar-refractivity contribution in [2.75, 3.05) is 7.11 Å². The summed E-state index contributed by atoms with van der Waals surface area (Å²) in [5, 5.41) is 0. The highest BCUT2D eigenvalue weighted by Gasteiger charge is 2.18. The van der Waals surface area contributed by atoms with Crippen LogP contribution >= 0.6 is 0 Å². The quantitative estimate of drug-likeness (QED) is 0.913. The number of ether oxygens (including phenoxy) is 1. The highest BCUT2D eigenvalue weighted by molar-refractivity contribution is 7.91. The predicted octanol–water partition coefficient (Wildman–Crippen LogP) is 1.38. The molecule has 1 aromatic carbocycles. The van der Waals surface area contributed by atoms with E-state index in [0.717, 1.165) is 0 Å². The fourth-order valence-corrected chi connectivity index (χ4v) is 2.92. The van der Waals surface area contributed by atoms with E-state index in [4.69, 9.17) is 10.5 Å². The maximum atomic E-state index is 12.4. The first-order valence-electron chi connectivity index (χ1n) is 5.62. The van der Waals surface area contributed by atoms with Crippen LogP contribution in [0.4, 0.5) is 0 Å². The summed E-state index contributed by atoms with van der Waals surface area (Å²) in [6, 6.07) is 9.18. The molecule has 1 aromatic heterocycles. The Morgan fingerprint density at radius 2 is 1.84 bits per heavy atom. The molecule has 0 spiro atoms. The van der Waals surface area contributed by atoms with Gasteiger partial charge in [-0.25, -0.2) is 8.42 Å². The smallest absolute Gasteiger partial charge is 0.206 e. The standard InChI is InChI=1S/C13H14N2O3S/c1-18-11-2-4-12(5-3-11)19(16,17)13-6-7-15-10(8-13)9-14/h2-8H,9,14H2,1H3. The highest BCUT2D eigenvalue weighted by atomic mass is 32.2. The molecule has 0 bridgehead atoms. The van der Waals surface area contributed by atoms with Gasteiger partial charge in [0.25, 0.3) is 0 Å². The molecular weight excluding hydrogens is 264 g/mol. The molecule has 6 heteroatoms. The molecule has 5 nitrogen and oxygen atoms in total. The van der Waals surface area contributed by atoms with Gasteiger partial charge in [0.2, 0.25) is 9.84 Å². The van der Waals surface area contributed by atoms with Crippen molar-refractivity contribution < 1.29 is 13.2 Å². The fourth-order valence-electron chi connectivity index (χ4n) is 1.63. The molecule has 0 aliphatic heterocycles. The molecule has 2 aromatic rings. The van der Waals surface area contributed by atoms with Gasteiger partial charge in [0.1, 0.15) is 5.75 Å². The molecule has 0 aliphatic carbocycles. The minimum Gasteiger partial charge on any atom is -0.497 e. The van der Waals surface area contributed by atoms with Gasteiger partial charge in [0, 0.05) is 12.7 Å². The van der Waals surface area contributed by atoms with Crippen molar-refractivity contribution in [1.82, 2.24) is 4.98 Å². The summed E-state index contributed by atoms with van der Waals surface area (Å²) in [5.41, 5.74) is 6.00. The molecule has 0 aliphatic rings. The lowest BCUT2D eigenvalue weighted by atomic mass is 10.3. The molecule has 2 N–H and O–H groups in total. The van der Waals surface area contributed by atoms with Gasteiger partial charge in [-0.15, -0.1) is 0 Å². The largest absolute Gasteiger partial charge is 0.497 e. The molecule has 19 heavy (non-hydrogen) atoms. The second-order valence-corrected chi connectivity index (χ2v) is 5.82. The van der Waals surface area contributed by atoms with Crippen LogP contribution in [0, 0.1) is 0 Å². The van der Waals surface area contributed by atoms with Crippen LogP contribution in [-0.4, -0.2) is 20.5 Å². The third-order valence-electron chi connectivity index (χ3n) is 2.68. The number of nitrogens with zero attached hydrogens (tertiary/aromatic N) is 1. The molecule has 0 amide bonds. The van der Waals surface area contributed by atoms with E-state index >= 15 is 0 Å². The summed E-state index contributed by atoms with van der Waals surface area (Å²) in [6.45, 7) is 0.200. The first kappa shape index (κ1) is 13.5. The Balaban J connectivity index is 2.45. The Labute approximate surface area is 112 Å². The Kier molecular flexibility index (Phi) is 3.82. The Morgan fingerprint density at radius 1 is 1.16 bits per heavy atom. The summed E-state index contributed by atoms with van der Waals surface area (Å²) in [6.07, 6.45) is 1.44. The van der Waals surface area contributed by atoms with Crippen molar-refractivity contribution in [1.29, 1.82) is 0 Å². The number of aromatic nitrogens is 1. The van der Waals surface area contributed by atoms with E-state index in [-0.39, 0.29) is 16.3 Å². The molecule has 0 saturated heterocycles. The normalized spacial score (nSPS) is 11.3. The van der Waals surface area contributed by atoms with Crippen LogP contribution in [-0.2, 0) is 16.4 Å². The second kappa shape index (κ2) is 5.38. The summed E-state index contributed by atoms with van der Waals surface area (Å²) < 4.78 is 29.8. The van der Waals surface area contributed by atoms with Gasteiger partial charge in [0.05, 0.1) is 22.6 Å². The van der Waals surface area contributed by atoms with Crippen molar-refractivity contribution >= 4 is 9.84 Å². The number of rotatable bonds is 4. The van der Waals surface area contributed by atoms with Crippen molar-refractivity contribution in [2.45, 2.75) is 16.3 Å². The number of benzene rings is 1. The maximum Gasteiger partial charge on any atom is 0.206 e. The molecule has 0 saturated carbocycles. The van der Waals surface area contributed by atoms with Crippen molar-refractivity contribution in [3.63, 3.8) is 0 Å². The van der Waals surface area contributed by atoms with E-state index in [1.807, 2.05) is 0 Å². The Morgan fingerprint density at radius 3 is 2.42 bits per heavy atom. The van der Waals surface area contributed by atoms with Crippen LogP contribution in [0.3, 0.4) is 0 Å². The van der Waals surface area contributed by atoms with Crippen LogP contribution in [0.1, 0.15) is 5.69 Å². The summed E-state index contributed by atoms with van der Waals surface area (Å²) >= 11 is 0. The van der Waals surface area contributed by atoms with Gasteiger partial charge >= 0.3 is 0 Å². The lowest BCUT2D eigenvalue weighted by molar-refractivity contribution is 0.414. The monoisotopic (exact) mass is 278 g/mol. The summed E-state index contributed by atoms with van der Waals surface area (Å²) in [4.78, 5) is 4.38. The zero-order valence-corrected chi connectivity index (χ0v) is 11.2. The SMILES string of the molecule is COc1ccc(S(=O)(=O)c2ccnc(CN)c2)cc1. The van der Waals surface area contributed by atoms with Gasteiger partial charge < -0.3 is 10.5 Å². The van der Waals surface area contributed by atoms with E-state index in [1.165, 1.54) is 37.6 Å². The lowest BCUT2D eigenvalue weighted by Gasteiger charge is -2.06.